The lowest BCUT2D eigenvalue weighted by atomic mass is 10.2. The topological polar surface area (TPSA) is 85.2 Å². The summed E-state index contributed by atoms with van der Waals surface area (Å²) in [5.41, 5.74) is 2.86. The number of benzene rings is 1. The average molecular weight is 310 g/mol. The summed E-state index contributed by atoms with van der Waals surface area (Å²) < 4.78 is 7.29. The van der Waals surface area contributed by atoms with E-state index in [9.17, 15) is 4.79 Å². The number of aromatic nitrogens is 4. The van der Waals surface area contributed by atoms with Crippen molar-refractivity contribution in [1.29, 1.82) is 0 Å². The van der Waals surface area contributed by atoms with Crippen LogP contribution in [-0.2, 0) is 11.8 Å². The molecule has 0 radical (unpaired) electrons. The minimum absolute atomic E-state index is 0.0493. The summed E-state index contributed by atoms with van der Waals surface area (Å²) in [6.45, 7) is 0.0493. The Hall–Kier alpha value is -3.16. The Labute approximate surface area is 131 Å². The lowest BCUT2D eigenvalue weighted by Gasteiger charge is -2.26. The molecule has 3 heterocycles. The van der Waals surface area contributed by atoms with Crippen LogP contribution in [-0.4, -0.2) is 39.1 Å². The van der Waals surface area contributed by atoms with E-state index in [0.717, 1.165) is 11.4 Å². The molecule has 23 heavy (non-hydrogen) atoms. The van der Waals surface area contributed by atoms with Crippen molar-refractivity contribution in [2.24, 2.45) is 7.05 Å². The van der Waals surface area contributed by atoms with Gasteiger partial charge in [-0.3, -0.25) is 4.79 Å². The maximum Gasteiger partial charge on any atom is 0.264 e. The van der Waals surface area contributed by atoms with Gasteiger partial charge in [0.2, 0.25) is 0 Å². The van der Waals surface area contributed by atoms with Crippen LogP contribution in [0.3, 0.4) is 0 Å². The Morgan fingerprint density at radius 1 is 1.26 bits per heavy atom. The standard InChI is InChI=1S/C15H14N6O2/c1-20-8-17-14-15(20)19-12(6-16-14)18-9-3-4-10-11(5-9)23-7-13(22)21(10)2/h3-6,8H,7H2,1-2H3,(H,18,19). The molecule has 0 saturated carbocycles. The molecule has 0 spiro atoms. The van der Waals surface area contributed by atoms with Crippen LogP contribution in [0.15, 0.2) is 30.7 Å². The number of fused-ring (bicyclic) bond motifs is 2. The second kappa shape index (κ2) is 4.94. The Balaban J connectivity index is 1.65. The molecule has 1 amide bonds. The highest BCUT2D eigenvalue weighted by Crippen LogP contribution is 2.34. The number of carbonyl (C=O) groups is 1. The summed E-state index contributed by atoms with van der Waals surface area (Å²) >= 11 is 0. The lowest BCUT2D eigenvalue weighted by Crippen LogP contribution is -2.35. The van der Waals surface area contributed by atoms with Gasteiger partial charge < -0.3 is 19.5 Å². The average Bonchev–Trinajstić information content (AvgIpc) is 2.92. The number of hydrogen-bond acceptors (Lipinski definition) is 6. The van der Waals surface area contributed by atoms with Gasteiger partial charge in [0.25, 0.3) is 5.91 Å². The number of hydrogen-bond donors (Lipinski definition) is 1. The first kappa shape index (κ1) is 13.5. The molecule has 0 unspecified atom stereocenters. The molecule has 8 nitrogen and oxygen atoms in total. The number of nitrogens with zero attached hydrogens (tertiary/aromatic N) is 5. The number of imidazole rings is 1. The summed E-state index contributed by atoms with van der Waals surface area (Å²) in [5, 5.41) is 3.19. The molecule has 116 valence electrons. The molecule has 8 heteroatoms. The third-order valence-electron chi connectivity index (χ3n) is 3.74. The van der Waals surface area contributed by atoms with Gasteiger partial charge in [0.1, 0.15) is 5.75 Å². The van der Waals surface area contributed by atoms with Crippen LogP contribution < -0.4 is 15.0 Å². The maximum atomic E-state index is 11.6. The van der Waals surface area contributed by atoms with Crippen LogP contribution in [0, 0.1) is 0 Å². The quantitative estimate of drug-likeness (QED) is 0.771. The molecule has 1 aliphatic heterocycles. The first-order valence-electron chi connectivity index (χ1n) is 7.06. The van der Waals surface area contributed by atoms with Gasteiger partial charge in [0.05, 0.1) is 18.2 Å². The van der Waals surface area contributed by atoms with Gasteiger partial charge in [-0.25, -0.2) is 15.0 Å². The van der Waals surface area contributed by atoms with Crippen molar-refractivity contribution in [3.05, 3.63) is 30.7 Å². The molecular weight excluding hydrogens is 296 g/mol. The number of amides is 1. The third-order valence-corrected chi connectivity index (χ3v) is 3.74. The summed E-state index contributed by atoms with van der Waals surface area (Å²) in [4.78, 5) is 26.1. The molecule has 0 saturated heterocycles. The second-order valence-electron chi connectivity index (χ2n) is 5.31. The first-order chi connectivity index (χ1) is 11.1. The first-order valence-corrected chi connectivity index (χ1v) is 7.06. The van der Waals surface area contributed by atoms with Crippen molar-refractivity contribution in [3.8, 4) is 5.75 Å². The van der Waals surface area contributed by atoms with Crippen LogP contribution in [0.1, 0.15) is 0 Å². The molecule has 3 aromatic rings. The predicted molar refractivity (Wildman–Crippen MR) is 84.9 cm³/mol. The van der Waals surface area contributed by atoms with E-state index in [1.165, 1.54) is 0 Å². The number of rotatable bonds is 2. The fraction of sp³-hybridized carbons (Fsp3) is 0.200. The smallest absolute Gasteiger partial charge is 0.264 e. The molecule has 0 bridgehead atoms. The Morgan fingerprint density at radius 2 is 2.13 bits per heavy atom. The van der Waals surface area contributed by atoms with Crippen molar-refractivity contribution in [2.45, 2.75) is 0 Å². The van der Waals surface area contributed by atoms with Crippen molar-refractivity contribution in [2.75, 3.05) is 23.9 Å². The largest absolute Gasteiger partial charge is 0.481 e. The van der Waals surface area contributed by atoms with E-state index >= 15 is 0 Å². The normalized spacial score (nSPS) is 13.8. The number of aryl methyl sites for hydroxylation is 1. The fourth-order valence-electron chi connectivity index (χ4n) is 2.46. The van der Waals surface area contributed by atoms with Gasteiger partial charge in [-0.15, -0.1) is 0 Å². The predicted octanol–water partition coefficient (Wildman–Crippen LogP) is 1.46. The molecule has 1 N–H and O–H groups in total. The number of anilines is 3. The van der Waals surface area contributed by atoms with Gasteiger partial charge in [0, 0.05) is 25.8 Å². The minimum Gasteiger partial charge on any atom is -0.481 e. The lowest BCUT2D eigenvalue weighted by molar-refractivity contribution is -0.120. The monoisotopic (exact) mass is 310 g/mol. The van der Waals surface area contributed by atoms with Gasteiger partial charge in [-0.1, -0.05) is 0 Å². The van der Waals surface area contributed by atoms with E-state index in [2.05, 4.69) is 20.3 Å². The molecule has 0 atom stereocenters. The summed E-state index contributed by atoms with van der Waals surface area (Å²) in [5.74, 6) is 1.21. The molecule has 0 fully saturated rings. The Kier molecular flexibility index (Phi) is 2.90. The van der Waals surface area contributed by atoms with Crippen LogP contribution in [0.5, 0.6) is 5.75 Å². The van der Waals surface area contributed by atoms with Gasteiger partial charge in [-0.2, -0.15) is 0 Å². The molecular formula is C15H14N6O2. The zero-order valence-electron chi connectivity index (χ0n) is 12.6. The van der Waals surface area contributed by atoms with E-state index in [0.29, 0.717) is 22.9 Å². The van der Waals surface area contributed by atoms with Gasteiger partial charge in [0.15, 0.2) is 23.7 Å². The highest BCUT2D eigenvalue weighted by molar-refractivity contribution is 5.97. The summed E-state index contributed by atoms with van der Waals surface area (Å²) in [6.07, 6.45) is 3.30. The van der Waals surface area contributed by atoms with Gasteiger partial charge >= 0.3 is 0 Å². The maximum absolute atomic E-state index is 11.6. The fourth-order valence-corrected chi connectivity index (χ4v) is 2.46. The van der Waals surface area contributed by atoms with E-state index in [4.69, 9.17) is 4.74 Å². The number of likely N-dealkylation sites (N-methyl/N-ethyl adjacent to an activating group) is 1. The third kappa shape index (κ3) is 2.24. The molecule has 1 aromatic carbocycles. The second-order valence-corrected chi connectivity index (χ2v) is 5.31. The van der Waals surface area contributed by atoms with Crippen LogP contribution in [0.25, 0.3) is 11.3 Å². The van der Waals surface area contributed by atoms with E-state index in [1.54, 1.807) is 24.5 Å². The molecule has 0 aliphatic carbocycles. The SMILES string of the molecule is CN1C(=O)COc2cc(Nc3cnc4ncn(C)c4n3)ccc21. The van der Waals surface area contributed by atoms with Gasteiger partial charge in [-0.05, 0) is 12.1 Å². The Bertz CT molecular complexity index is 919. The van der Waals surface area contributed by atoms with Crippen molar-refractivity contribution in [3.63, 3.8) is 0 Å². The van der Waals surface area contributed by atoms with Crippen molar-refractivity contribution < 1.29 is 9.53 Å². The molecule has 4 rings (SSSR count). The van der Waals surface area contributed by atoms with Crippen LogP contribution in [0.2, 0.25) is 0 Å². The van der Waals surface area contributed by atoms with E-state index in [-0.39, 0.29) is 12.5 Å². The zero-order valence-corrected chi connectivity index (χ0v) is 12.6. The van der Waals surface area contributed by atoms with Crippen LogP contribution in [0.4, 0.5) is 17.2 Å². The number of ether oxygens (including phenoxy) is 1. The van der Waals surface area contributed by atoms with Crippen LogP contribution >= 0.6 is 0 Å². The van der Waals surface area contributed by atoms with E-state index < -0.39 is 0 Å². The van der Waals surface area contributed by atoms with Crippen molar-refractivity contribution in [1.82, 2.24) is 19.5 Å². The summed E-state index contributed by atoms with van der Waals surface area (Å²) in [7, 11) is 3.60. The molecule has 1 aliphatic rings. The summed E-state index contributed by atoms with van der Waals surface area (Å²) in [6, 6.07) is 5.55. The number of carbonyl (C=O) groups excluding carboxylic acids is 1. The molecule has 2 aromatic heterocycles. The van der Waals surface area contributed by atoms with E-state index in [1.807, 2.05) is 29.8 Å². The highest BCUT2D eigenvalue weighted by Gasteiger charge is 2.22. The Morgan fingerprint density at radius 3 is 3.00 bits per heavy atom. The van der Waals surface area contributed by atoms with Crippen molar-refractivity contribution >= 4 is 34.4 Å². The minimum atomic E-state index is -0.0641. The highest BCUT2D eigenvalue weighted by atomic mass is 16.5. The zero-order chi connectivity index (χ0) is 16.0. The number of nitrogens with one attached hydrogen (secondary N) is 1.